The van der Waals surface area contributed by atoms with Gasteiger partial charge in [-0.25, -0.2) is 0 Å². The standard InChI is InChI=1S/C28H27ClN6O3/c1-28(2)15-35(13-25(36)32-18-3-4-21-16(9-18)5-8-31-21)24(14-38-28)27(37)34-22-11-17(29)10-20-19-6-7-30-12-23(19)33-26(20)22/h3-12,24,31,33H,13-15H2,1-2H3,(H,32,36)(H,34,37)/t24-/m0/s1. The molecule has 6 rings (SSSR count). The van der Waals surface area contributed by atoms with Crippen molar-refractivity contribution in [2.45, 2.75) is 25.5 Å². The molecule has 5 aromatic rings. The number of carbonyl (C=O) groups is 2. The maximum Gasteiger partial charge on any atom is 0.244 e. The summed E-state index contributed by atoms with van der Waals surface area (Å²) >= 11 is 6.42. The monoisotopic (exact) mass is 530 g/mol. The molecule has 3 aromatic heterocycles. The SMILES string of the molecule is CC1(C)CN(CC(=O)Nc2ccc3[nH]ccc3c2)[C@H](C(=O)Nc2cc(Cl)cc3c2[nH]c2cnccc23)CO1. The molecule has 4 heterocycles. The number of hydrogen-bond acceptors (Lipinski definition) is 5. The predicted octanol–water partition coefficient (Wildman–Crippen LogP) is 4.91. The van der Waals surface area contributed by atoms with Crippen LogP contribution < -0.4 is 10.6 Å². The maximum absolute atomic E-state index is 13.6. The molecule has 1 fully saturated rings. The number of morpholine rings is 1. The third-order valence-corrected chi connectivity index (χ3v) is 7.09. The second-order valence-electron chi connectivity index (χ2n) is 10.2. The zero-order valence-electron chi connectivity index (χ0n) is 21.0. The molecule has 4 N–H and O–H groups in total. The van der Waals surface area contributed by atoms with Crippen molar-refractivity contribution in [2.75, 3.05) is 30.3 Å². The van der Waals surface area contributed by atoms with E-state index in [1.54, 1.807) is 18.5 Å². The van der Waals surface area contributed by atoms with Gasteiger partial charge in [0.1, 0.15) is 6.04 Å². The number of nitrogens with one attached hydrogen (secondary N) is 4. The van der Waals surface area contributed by atoms with E-state index in [0.29, 0.717) is 22.9 Å². The first-order valence-corrected chi connectivity index (χ1v) is 12.7. The summed E-state index contributed by atoms with van der Waals surface area (Å²) in [5.74, 6) is -0.481. The second-order valence-corrected chi connectivity index (χ2v) is 10.7. The van der Waals surface area contributed by atoms with Crippen LogP contribution in [0.4, 0.5) is 11.4 Å². The third kappa shape index (κ3) is 4.71. The van der Waals surface area contributed by atoms with Crippen molar-refractivity contribution in [1.82, 2.24) is 19.9 Å². The number of nitrogens with zero attached hydrogens (tertiary/aromatic N) is 2. The predicted molar refractivity (Wildman–Crippen MR) is 150 cm³/mol. The second kappa shape index (κ2) is 9.43. The van der Waals surface area contributed by atoms with Crippen molar-refractivity contribution < 1.29 is 14.3 Å². The van der Waals surface area contributed by atoms with Crippen LogP contribution in [-0.4, -0.2) is 63.0 Å². The lowest BCUT2D eigenvalue weighted by Crippen LogP contribution is -2.59. The molecule has 1 aliphatic heterocycles. The number of carbonyl (C=O) groups excluding carboxylic acids is 2. The van der Waals surface area contributed by atoms with E-state index in [1.807, 2.05) is 61.3 Å². The molecule has 0 spiro atoms. The summed E-state index contributed by atoms with van der Waals surface area (Å²) in [5, 5.41) is 9.35. The van der Waals surface area contributed by atoms with Gasteiger partial charge in [-0.2, -0.15) is 0 Å². The number of rotatable bonds is 5. The normalized spacial score (nSPS) is 17.7. The van der Waals surface area contributed by atoms with Gasteiger partial charge in [-0.05, 0) is 56.3 Å². The number of H-pyrrole nitrogens is 2. The van der Waals surface area contributed by atoms with Gasteiger partial charge in [0, 0.05) is 51.3 Å². The van der Waals surface area contributed by atoms with Gasteiger partial charge in [-0.15, -0.1) is 0 Å². The van der Waals surface area contributed by atoms with E-state index >= 15 is 0 Å². The first-order valence-electron chi connectivity index (χ1n) is 12.4. The average Bonchev–Trinajstić information content (AvgIpc) is 3.48. The number of hydrogen-bond donors (Lipinski definition) is 4. The third-order valence-electron chi connectivity index (χ3n) is 6.87. The van der Waals surface area contributed by atoms with E-state index in [1.165, 1.54) is 0 Å². The molecule has 1 aliphatic rings. The maximum atomic E-state index is 13.6. The molecule has 0 unspecified atom stereocenters. The Morgan fingerprint density at radius 3 is 2.87 bits per heavy atom. The van der Waals surface area contributed by atoms with Crippen molar-refractivity contribution >= 4 is 67.5 Å². The lowest BCUT2D eigenvalue weighted by molar-refractivity contribution is -0.145. The number of ether oxygens (including phenoxy) is 1. The van der Waals surface area contributed by atoms with E-state index < -0.39 is 11.6 Å². The lowest BCUT2D eigenvalue weighted by atomic mass is 10.0. The molecule has 0 bridgehead atoms. The summed E-state index contributed by atoms with van der Waals surface area (Å²) in [6, 6.07) is 12.5. The van der Waals surface area contributed by atoms with Crippen molar-refractivity contribution in [3.05, 3.63) is 66.1 Å². The first-order chi connectivity index (χ1) is 18.3. The Labute approximate surface area is 223 Å². The quantitative estimate of drug-likeness (QED) is 0.258. The number of amides is 2. The van der Waals surface area contributed by atoms with Gasteiger partial charge in [0.15, 0.2) is 0 Å². The van der Waals surface area contributed by atoms with Crippen LogP contribution in [0.25, 0.3) is 32.7 Å². The van der Waals surface area contributed by atoms with Crippen LogP contribution in [0.3, 0.4) is 0 Å². The van der Waals surface area contributed by atoms with Crippen molar-refractivity contribution in [1.29, 1.82) is 0 Å². The number of aromatic amines is 2. The number of halogens is 1. The zero-order chi connectivity index (χ0) is 26.4. The van der Waals surface area contributed by atoms with E-state index in [4.69, 9.17) is 16.3 Å². The minimum absolute atomic E-state index is 0.0407. The molecule has 2 amide bonds. The van der Waals surface area contributed by atoms with Crippen LogP contribution in [0.5, 0.6) is 0 Å². The zero-order valence-corrected chi connectivity index (χ0v) is 21.7. The minimum atomic E-state index is -0.666. The Kier molecular flexibility index (Phi) is 6.06. The van der Waals surface area contributed by atoms with Crippen LogP contribution in [-0.2, 0) is 14.3 Å². The fourth-order valence-corrected chi connectivity index (χ4v) is 5.33. The summed E-state index contributed by atoms with van der Waals surface area (Å²) in [6.45, 7) is 4.51. The number of pyridine rings is 1. The van der Waals surface area contributed by atoms with Gasteiger partial charge in [0.25, 0.3) is 0 Å². The molecular weight excluding hydrogens is 504 g/mol. The number of anilines is 2. The van der Waals surface area contributed by atoms with Crippen LogP contribution in [0.2, 0.25) is 5.02 Å². The number of fused-ring (bicyclic) bond motifs is 4. The molecule has 10 heteroatoms. The molecule has 38 heavy (non-hydrogen) atoms. The molecule has 2 aromatic carbocycles. The largest absolute Gasteiger partial charge is 0.372 e. The van der Waals surface area contributed by atoms with E-state index in [9.17, 15) is 9.59 Å². The van der Waals surface area contributed by atoms with Crippen LogP contribution >= 0.6 is 11.6 Å². The molecule has 0 aliphatic carbocycles. The Hall–Kier alpha value is -3.92. The van der Waals surface area contributed by atoms with E-state index in [2.05, 4.69) is 25.6 Å². The fraction of sp³-hybridized carbons (Fsp3) is 0.250. The van der Waals surface area contributed by atoms with Gasteiger partial charge in [0.05, 0.1) is 41.7 Å². The summed E-state index contributed by atoms with van der Waals surface area (Å²) < 4.78 is 5.99. The van der Waals surface area contributed by atoms with Crippen molar-refractivity contribution in [3.63, 3.8) is 0 Å². The molecule has 0 saturated carbocycles. The topological polar surface area (TPSA) is 115 Å². The fourth-order valence-electron chi connectivity index (χ4n) is 5.11. The Morgan fingerprint density at radius 2 is 2.00 bits per heavy atom. The van der Waals surface area contributed by atoms with Crippen LogP contribution in [0, 0.1) is 0 Å². The molecular formula is C28H27ClN6O3. The van der Waals surface area contributed by atoms with Gasteiger partial charge >= 0.3 is 0 Å². The summed E-state index contributed by atoms with van der Waals surface area (Å²) in [5.41, 5.74) is 3.35. The minimum Gasteiger partial charge on any atom is -0.372 e. The van der Waals surface area contributed by atoms with Gasteiger partial charge in [-0.1, -0.05) is 11.6 Å². The highest BCUT2D eigenvalue weighted by Crippen LogP contribution is 2.33. The van der Waals surface area contributed by atoms with Crippen molar-refractivity contribution in [2.24, 2.45) is 0 Å². The number of aromatic nitrogens is 3. The summed E-state index contributed by atoms with van der Waals surface area (Å²) in [4.78, 5) is 39.1. The van der Waals surface area contributed by atoms with Crippen molar-refractivity contribution in [3.8, 4) is 0 Å². The molecule has 1 saturated heterocycles. The summed E-state index contributed by atoms with van der Waals surface area (Å²) in [6.07, 6.45) is 5.31. The Bertz CT molecular complexity index is 1690. The van der Waals surface area contributed by atoms with E-state index in [-0.39, 0.29) is 25.0 Å². The first kappa shape index (κ1) is 24.4. The van der Waals surface area contributed by atoms with Crippen LogP contribution in [0.15, 0.2) is 61.1 Å². The number of benzene rings is 2. The smallest absolute Gasteiger partial charge is 0.244 e. The molecule has 194 valence electrons. The van der Waals surface area contributed by atoms with E-state index in [0.717, 1.165) is 32.7 Å². The summed E-state index contributed by atoms with van der Waals surface area (Å²) in [7, 11) is 0. The average molecular weight is 531 g/mol. The Morgan fingerprint density at radius 1 is 1.13 bits per heavy atom. The highest BCUT2D eigenvalue weighted by molar-refractivity contribution is 6.33. The Balaban J connectivity index is 1.23. The highest BCUT2D eigenvalue weighted by Gasteiger charge is 2.38. The van der Waals surface area contributed by atoms with Gasteiger partial charge < -0.3 is 25.3 Å². The van der Waals surface area contributed by atoms with Gasteiger partial charge in [0.2, 0.25) is 11.8 Å². The highest BCUT2D eigenvalue weighted by atomic mass is 35.5. The van der Waals surface area contributed by atoms with Gasteiger partial charge in [-0.3, -0.25) is 19.5 Å². The molecule has 0 radical (unpaired) electrons. The molecule has 9 nitrogen and oxygen atoms in total. The molecule has 1 atom stereocenters. The van der Waals surface area contributed by atoms with Crippen LogP contribution in [0.1, 0.15) is 13.8 Å². The lowest BCUT2D eigenvalue weighted by Gasteiger charge is -2.42.